The highest BCUT2D eigenvalue weighted by molar-refractivity contribution is 6.01. The van der Waals surface area contributed by atoms with E-state index in [1.807, 2.05) is 30.3 Å². The summed E-state index contributed by atoms with van der Waals surface area (Å²) < 4.78 is 0. The Balaban J connectivity index is 1.32. The van der Waals surface area contributed by atoms with Gasteiger partial charge in [-0.3, -0.25) is 4.79 Å². The summed E-state index contributed by atoms with van der Waals surface area (Å²) in [4.78, 5) is 17.6. The first-order valence-electron chi connectivity index (χ1n) is 10.8. The van der Waals surface area contributed by atoms with Crippen LogP contribution >= 0.6 is 0 Å². The second-order valence-electron chi connectivity index (χ2n) is 9.43. The molecule has 4 N–H and O–H groups in total. The molecule has 148 valence electrons. The molecule has 4 fully saturated rings. The highest BCUT2D eigenvalue weighted by Crippen LogP contribution is 2.61. The fourth-order valence-corrected chi connectivity index (χ4v) is 6.60. The van der Waals surface area contributed by atoms with E-state index in [-0.39, 0.29) is 11.3 Å². The summed E-state index contributed by atoms with van der Waals surface area (Å²) in [6, 6.07) is 9.91. The fourth-order valence-electron chi connectivity index (χ4n) is 6.60. The smallest absolute Gasteiger partial charge is 0.224 e. The molecule has 28 heavy (non-hydrogen) atoms. The number of benzene rings is 1. The first-order chi connectivity index (χ1) is 13.6. The zero-order valence-corrected chi connectivity index (χ0v) is 16.4. The first kappa shape index (κ1) is 17.9. The summed E-state index contributed by atoms with van der Waals surface area (Å²) in [6.07, 6.45) is 8.71. The van der Waals surface area contributed by atoms with Crippen LogP contribution in [0.2, 0.25) is 0 Å². The summed E-state index contributed by atoms with van der Waals surface area (Å²) in [5.74, 6) is 3.61. The van der Waals surface area contributed by atoms with Gasteiger partial charge in [-0.1, -0.05) is 6.07 Å². The third-order valence-corrected chi connectivity index (χ3v) is 7.16. The molecular weight excluding hydrogens is 348 g/mol. The number of fused-ring (bicyclic) bond motifs is 1. The Labute approximate surface area is 166 Å². The van der Waals surface area contributed by atoms with E-state index < -0.39 is 0 Å². The van der Waals surface area contributed by atoms with Crippen molar-refractivity contribution < 1.29 is 4.79 Å². The Kier molecular flexibility index (Phi) is 4.50. The molecule has 4 aliphatic rings. The highest BCUT2D eigenvalue weighted by Gasteiger charge is 2.51. The van der Waals surface area contributed by atoms with E-state index in [0.29, 0.717) is 19.5 Å². The lowest BCUT2D eigenvalue weighted by Gasteiger charge is -2.56. The van der Waals surface area contributed by atoms with Crippen molar-refractivity contribution in [2.75, 3.05) is 23.7 Å². The van der Waals surface area contributed by atoms with Crippen LogP contribution in [0.5, 0.6) is 0 Å². The van der Waals surface area contributed by atoms with Crippen LogP contribution < -0.4 is 16.4 Å². The Morgan fingerprint density at radius 3 is 2.46 bits per heavy atom. The number of pyridine rings is 1. The second-order valence-corrected chi connectivity index (χ2v) is 9.43. The number of nitrogens with two attached hydrogens (primary N) is 1. The van der Waals surface area contributed by atoms with Gasteiger partial charge in [-0.05, 0) is 86.0 Å². The molecule has 4 aliphatic carbocycles. The summed E-state index contributed by atoms with van der Waals surface area (Å²) in [5, 5.41) is 7.40. The molecule has 4 saturated carbocycles. The second kappa shape index (κ2) is 7.03. The van der Waals surface area contributed by atoms with Crippen LogP contribution in [0.4, 0.5) is 11.5 Å². The van der Waals surface area contributed by atoms with Crippen LogP contribution in [0, 0.1) is 23.2 Å². The minimum Gasteiger partial charge on any atom is -0.369 e. The molecule has 5 nitrogen and oxygen atoms in total. The molecule has 6 rings (SSSR count). The van der Waals surface area contributed by atoms with E-state index in [1.165, 1.54) is 38.5 Å². The van der Waals surface area contributed by atoms with Crippen molar-refractivity contribution in [3.63, 3.8) is 0 Å². The number of nitrogens with one attached hydrogen (secondary N) is 2. The molecule has 0 aliphatic heterocycles. The quantitative estimate of drug-likeness (QED) is 0.705. The molecule has 1 aromatic carbocycles. The van der Waals surface area contributed by atoms with Crippen LogP contribution in [0.25, 0.3) is 10.9 Å². The predicted octanol–water partition coefficient (Wildman–Crippen LogP) is 4.15. The number of carbonyl (C=O) groups is 1. The molecule has 1 aromatic heterocycles. The van der Waals surface area contributed by atoms with Crippen molar-refractivity contribution in [2.24, 2.45) is 28.9 Å². The maximum atomic E-state index is 13.0. The van der Waals surface area contributed by atoms with E-state index >= 15 is 0 Å². The van der Waals surface area contributed by atoms with Crippen molar-refractivity contribution in [1.82, 2.24) is 4.98 Å². The lowest BCUT2D eigenvalue weighted by atomic mass is 9.49. The van der Waals surface area contributed by atoms with Crippen LogP contribution in [0.3, 0.4) is 0 Å². The number of carbonyl (C=O) groups excluding carboxylic acids is 1. The molecule has 4 bridgehead atoms. The van der Waals surface area contributed by atoms with E-state index in [4.69, 9.17) is 5.73 Å². The van der Waals surface area contributed by atoms with Crippen LogP contribution in [0.1, 0.15) is 44.9 Å². The lowest BCUT2D eigenvalue weighted by molar-refractivity contribution is -0.124. The van der Waals surface area contributed by atoms with Crippen molar-refractivity contribution in [3.05, 3.63) is 30.3 Å². The van der Waals surface area contributed by atoms with E-state index in [0.717, 1.165) is 40.2 Å². The van der Waals surface area contributed by atoms with Gasteiger partial charge >= 0.3 is 0 Å². The summed E-state index contributed by atoms with van der Waals surface area (Å²) in [6.45, 7) is 1.26. The Morgan fingerprint density at radius 2 is 1.79 bits per heavy atom. The highest BCUT2D eigenvalue weighted by atomic mass is 16.1. The number of rotatable bonds is 6. The van der Waals surface area contributed by atoms with E-state index in [9.17, 15) is 4.79 Å². The molecular formula is C23H30N4O. The molecule has 0 saturated heterocycles. The van der Waals surface area contributed by atoms with Crippen molar-refractivity contribution in [3.8, 4) is 0 Å². The average Bonchev–Trinajstić information content (AvgIpc) is 2.64. The number of hydrogen-bond donors (Lipinski definition) is 3. The molecule has 0 spiro atoms. The number of anilines is 2. The Hall–Kier alpha value is -2.14. The monoisotopic (exact) mass is 378 g/mol. The number of aromatic nitrogens is 1. The zero-order valence-electron chi connectivity index (χ0n) is 16.4. The SMILES string of the molecule is NCCNc1ccc2c(NC(=O)CC34CC5CC(CC(C5)C3)C4)cccc2n1. The van der Waals surface area contributed by atoms with Gasteiger partial charge < -0.3 is 16.4 Å². The molecule has 1 amide bonds. The van der Waals surface area contributed by atoms with Gasteiger partial charge in [0.15, 0.2) is 0 Å². The maximum Gasteiger partial charge on any atom is 0.224 e. The molecule has 2 aromatic rings. The van der Waals surface area contributed by atoms with Gasteiger partial charge in [0.2, 0.25) is 5.91 Å². The third-order valence-electron chi connectivity index (χ3n) is 7.16. The lowest BCUT2D eigenvalue weighted by Crippen LogP contribution is -2.47. The number of hydrogen-bond acceptors (Lipinski definition) is 4. The molecule has 0 unspecified atom stereocenters. The van der Waals surface area contributed by atoms with Crippen molar-refractivity contribution in [2.45, 2.75) is 44.9 Å². The zero-order chi connectivity index (χ0) is 19.1. The maximum absolute atomic E-state index is 13.0. The molecule has 0 atom stereocenters. The Morgan fingerprint density at radius 1 is 1.07 bits per heavy atom. The van der Waals surface area contributed by atoms with Gasteiger partial charge in [-0.2, -0.15) is 0 Å². The molecule has 5 heteroatoms. The summed E-state index contributed by atoms with van der Waals surface area (Å²) >= 11 is 0. The van der Waals surface area contributed by atoms with Crippen molar-refractivity contribution >= 4 is 28.3 Å². The topological polar surface area (TPSA) is 80.0 Å². The summed E-state index contributed by atoms with van der Waals surface area (Å²) in [7, 11) is 0. The van der Waals surface area contributed by atoms with Gasteiger partial charge in [0.05, 0.1) is 11.2 Å². The Bertz CT molecular complexity index is 858. The van der Waals surface area contributed by atoms with Crippen LogP contribution in [-0.4, -0.2) is 24.0 Å². The largest absolute Gasteiger partial charge is 0.369 e. The third kappa shape index (κ3) is 3.37. The number of nitrogens with zero attached hydrogens (tertiary/aromatic N) is 1. The van der Waals surface area contributed by atoms with Crippen LogP contribution in [-0.2, 0) is 4.79 Å². The first-order valence-corrected chi connectivity index (χ1v) is 10.8. The standard InChI is InChI=1S/C23H30N4O/c24-6-7-25-21-5-4-18-19(26-21)2-1-3-20(18)27-22(28)14-23-11-15-8-16(12-23)10-17(9-15)13-23/h1-5,15-17H,6-14,24H2,(H,25,26)(H,27,28). The minimum atomic E-state index is 0.166. The van der Waals surface area contributed by atoms with Crippen molar-refractivity contribution in [1.29, 1.82) is 0 Å². The number of amides is 1. The molecule has 0 radical (unpaired) electrons. The average molecular weight is 379 g/mol. The van der Waals surface area contributed by atoms with Gasteiger partial charge in [0.1, 0.15) is 5.82 Å². The minimum absolute atomic E-state index is 0.166. The van der Waals surface area contributed by atoms with Gasteiger partial charge in [0.25, 0.3) is 0 Å². The van der Waals surface area contributed by atoms with Gasteiger partial charge in [0, 0.05) is 24.9 Å². The molecule has 1 heterocycles. The van der Waals surface area contributed by atoms with E-state index in [2.05, 4.69) is 15.6 Å². The summed E-state index contributed by atoms with van der Waals surface area (Å²) in [5.41, 5.74) is 7.57. The normalized spacial score (nSPS) is 30.5. The van der Waals surface area contributed by atoms with Crippen LogP contribution in [0.15, 0.2) is 30.3 Å². The fraction of sp³-hybridized carbons (Fsp3) is 0.565. The van der Waals surface area contributed by atoms with Gasteiger partial charge in [-0.15, -0.1) is 0 Å². The predicted molar refractivity (Wildman–Crippen MR) is 113 cm³/mol. The van der Waals surface area contributed by atoms with E-state index in [1.54, 1.807) is 0 Å². The van der Waals surface area contributed by atoms with Gasteiger partial charge in [-0.25, -0.2) is 4.98 Å².